The van der Waals surface area contributed by atoms with Gasteiger partial charge in [-0.1, -0.05) is 256 Å². The van der Waals surface area contributed by atoms with Gasteiger partial charge in [0.1, 0.15) is 12.2 Å². The SMILES string of the molecule is CCCCCC/C=C\CCCCCCCCC(O)C(=O)NC(CO)C(O)C(O)CCC/C=C/CCCCCCCCCCCCCCCCCCCCCCCCCCCCC. The summed E-state index contributed by atoms with van der Waals surface area (Å²) >= 11 is 0. The number of hydrogen-bond donors (Lipinski definition) is 5. The molecule has 1 amide bonds. The summed E-state index contributed by atoms with van der Waals surface area (Å²) in [5.74, 6) is -0.596. The van der Waals surface area contributed by atoms with Gasteiger partial charge in [-0.05, 0) is 64.2 Å². The third-order valence-corrected chi connectivity index (χ3v) is 13.1. The molecule has 0 fully saturated rings. The van der Waals surface area contributed by atoms with Crippen LogP contribution in [-0.2, 0) is 4.79 Å². The number of hydrogen-bond acceptors (Lipinski definition) is 5. The van der Waals surface area contributed by atoms with Crippen molar-refractivity contribution in [2.45, 2.75) is 321 Å². The topological polar surface area (TPSA) is 110 Å². The zero-order valence-corrected chi connectivity index (χ0v) is 41.6. The van der Waals surface area contributed by atoms with Gasteiger partial charge in [0, 0.05) is 0 Å². The van der Waals surface area contributed by atoms with Gasteiger partial charge in [0.05, 0.1) is 18.8 Å². The van der Waals surface area contributed by atoms with E-state index in [0.29, 0.717) is 12.8 Å². The second kappa shape index (κ2) is 50.8. The lowest BCUT2D eigenvalue weighted by Crippen LogP contribution is -2.53. The van der Waals surface area contributed by atoms with E-state index in [4.69, 9.17) is 0 Å². The minimum atomic E-state index is -1.28. The number of allylic oxidation sites excluding steroid dienone is 4. The Hall–Kier alpha value is -1.21. The Morgan fingerprint density at radius 3 is 0.984 bits per heavy atom. The first-order chi connectivity index (χ1) is 30.5. The quantitative estimate of drug-likeness (QED) is 0.0309. The van der Waals surface area contributed by atoms with E-state index in [-0.39, 0.29) is 0 Å². The van der Waals surface area contributed by atoms with Gasteiger partial charge in [-0.3, -0.25) is 4.79 Å². The van der Waals surface area contributed by atoms with Crippen LogP contribution in [0.1, 0.15) is 296 Å². The maximum Gasteiger partial charge on any atom is 0.249 e. The minimum Gasteiger partial charge on any atom is -0.394 e. The number of rotatable bonds is 51. The molecule has 5 N–H and O–H groups in total. The normalized spacial score (nSPS) is 14.0. The largest absolute Gasteiger partial charge is 0.394 e. The van der Waals surface area contributed by atoms with Gasteiger partial charge in [0.25, 0.3) is 0 Å². The molecule has 0 aliphatic rings. The van der Waals surface area contributed by atoms with Crippen LogP contribution >= 0.6 is 0 Å². The third kappa shape index (κ3) is 44.0. The summed E-state index contributed by atoms with van der Waals surface area (Å²) in [5.41, 5.74) is 0. The van der Waals surface area contributed by atoms with Crippen molar-refractivity contribution in [2.24, 2.45) is 0 Å². The molecule has 4 unspecified atom stereocenters. The highest BCUT2D eigenvalue weighted by molar-refractivity contribution is 5.80. The van der Waals surface area contributed by atoms with Crippen LogP contribution in [0.25, 0.3) is 0 Å². The maximum atomic E-state index is 12.5. The lowest BCUT2D eigenvalue weighted by Gasteiger charge is -2.27. The van der Waals surface area contributed by atoms with Gasteiger partial charge < -0.3 is 25.7 Å². The monoisotopic (exact) mass is 876 g/mol. The molecule has 4 atom stereocenters. The van der Waals surface area contributed by atoms with E-state index < -0.39 is 36.9 Å². The van der Waals surface area contributed by atoms with Crippen LogP contribution in [0.3, 0.4) is 0 Å². The fourth-order valence-electron chi connectivity index (χ4n) is 8.75. The first-order valence-corrected chi connectivity index (χ1v) is 27.7. The molecule has 0 saturated heterocycles. The Morgan fingerprint density at radius 1 is 0.387 bits per heavy atom. The molecule has 0 aliphatic carbocycles. The standard InChI is InChI=1S/C56H109NO5/c1-3-5-7-9-11-13-15-17-19-20-21-22-23-24-25-26-27-28-29-30-31-32-33-34-35-36-38-39-41-43-45-47-49-53(59)55(61)52(51-58)57-56(62)54(60)50-48-46-44-42-40-37-18-16-14-12-10-8-6-4-2/h14,16,41,43,52-55,58-61H,3-13,15,17-40,42,44-51H2,1-2H3,(H,57,62)/b16-14-,43-41+. The number of unbranched alkanes of at least 4 members (excludes halogenated alkanes) is 38. The number of nitrogens with one attached hydrogen (secondary N) is 1. The van der Waals surface area contributed by atoms with Gasteiger partial charge >= 0.3 is 0 Å². The molecule has 0 spiro atoms. The van der Waals surface area contributed by atoms with E-state index in [1.807, 2.05) is 0 Å². The van der Waals surface area contributed by atoms with Gasteiger partial charge in [-0.15, -0.1) is 0 Å². The van der Waals surface area contributed by atoms with Crippen molar-refractivity contribution in [1.82, 2.24) is 5.32 Å². The Balaban J connectivity index is 3.58. The van der Waals surface area contributed by atoms with Crippen LogP contribution in [0.5, 0.6) is 0 Å². The van der Waals surface area contributed by atoms with E-state index in [2.05, 4.69) is 43.5 Å². The summed E-state index contributed by atoms with van der Waals surface area (Å²) in [4.78, 5) is 12.5. The zero-order valence-electron chi connectivity index (χ0n) is 41.6. The molecule has 6 nitrogen and oxygen atoms in total. The van der Waals surface area contributed by atoms with Crippen LogP contribution in [0.2, 0.25) is 0 Å². The number of carbonyl (C=O) groups is 1. The summed E-state index contributed by atoms with van der Waals surface area (Å²) in [5, 5.41) is 43.8. The summed E-state index contributed by atoms with van der Waals surface area (Å²) in [6.45, 7) is 4.05. The fourth-order valence-corrected chi connectivity index (χ4v) is 8.75. The predicted octanol–water partition coefficient (Wildman–Crippen LogP) is 15.9. The highest BCUT2D eigenvalue weighted by atomic mass is 16.3. The molecule has 0 saturated carbocycles. The fraction of sp³-hybridized carbons (Fsp3) is 0.911. The van der Waals surface area contributed by atoms with E-state index in [1.165, 1.54) is 225 Å². The molecule has 0 aliphatic heterocycles. The van der Waals surface area contributed by atoms with Gasteiger partial charge in [-0.25, -0.2) is 0 Å². The van der Waals surface area contributed by atoms with Crippen LogP contribution in [0.15, 0.2) is 24.3 Å². The molecule has 6 heteroatoms. The lowest BCUT2D eigenvalue weighted by atomic mass is 10.00. The Morgan fingerprint density at radius 2 is 0.661 bits per heavy atom. The molecule has 0 heterocycles. The van der Waals surface area contributed by atoms with E-state index >= 15 is 0 Å². The Labute approximate surface area is 386 Å². The number of aliphatic hydroxyl groups is 4. The van der Waals surface area contributed by atoms with Crippen LogP contribution in [0.4, 0.5) is 0 Å². The molecule has 0 radical (unpaired) electrons. The molecule has 368 valence electrons. The summed E-state index contributed by atoms with van der Waals surface area (Å²) in [7, 11) is 0. The van der Waals surface area contributed by atoms with E-state index in [0.717, 1.165) is 44.9 Å². The van der Waals surface area contributed by atoms with Crippen LogP contribution in [0, 0.1) is 0 Å². The van der Waals surface area contributed by atoms with Crippen molar-refractivity contribution in [1.29, 1.82) is 0 Å². The second-order valence-electron chi connectivity index (χ2n) is 19.3. The van der Waals surface area contributed by atoms with Crippen molar-refractivity contribution < 1.29 is 25.2 Å². The molecule has 0 rings (SSSR count). The smallest absolute Gasteiger partial charge is 0.249 e. The van der Waals surface area contributed by atoms with Crippen LogP contribution < -0.4 is 5.32 Å². The summed E-state index contributed by atoms with van der Waals surface area (Å²) in [6.07, 6.45) is 61.2. The summed E-state index contributed by atoms with van der Waals surface area (Å²) in [6, 6.07) is -1.00. The highest BCUT2D eigenvalue weighted by Crippen LogP contribution is 2.18. The highest BCUT2D eigenvalue weighted by Gasteiger charge is 2.28. The van der Waals surface area contributed by atoms with Gasteiger partial charge in [-0.2, -0.15) is 0 Å². The molecule has 0 aromatic carbocycles. The molecule has 0 bridgehead atoms. The third-order valence-electron chi connectivity index (χ3n) is 13.1. The first kappa shape index (κ1) is 60.8. The van der Waals surface area contributed by atoms with E-state index in [9.17, 15) is 25.2 Å². The average molecular weight is 876 g/mol. The Kier molecular flexibility index (Phi) is 49.8. The molecule has 62 heavy (non-hydrogen) atoms. The molecule has 0 aromatic rings. The molecular weight excluding hydrogens is 767 g/mol. The summed E-state index contributed by atoms with van der Waals surface area (Å²) < 4.78 is 0. The number of amides is 1. The lowest BCUT2D eigenvalue weighted by molar-refractivity contribution is -0.132. The average Bonchev–Trinajstić information content (AvgIpc) is 3.28. The van der Waals surface area contributed by atoms with Crippen molar-refractivity contribution in [3.05, 3.63) is 24.3 Å². The van der Waals surface area contributed by atoms with Gasteiger partial charge in [0.2, 0.25) is 5.91 Å². The second-order valence-corrected chi connectivity index (χ2v) is 19.3. The van der Waals surface area contributed by atoms with E-state index in [1.54, 1.807) is 0 Å². The van der Waals surface area contributed by atoms with Gasteiger partial charge in [0.15, 0.2) is 0 Å². The number of aliphatic hydroxyl groups excluding tert-OH is 4. The molecular formula is C56H109NO5. The van der Waals surface area contributed by atoms with Crippen molar-refractivity contribution in [3.8, 4) is 0 Å². The van der Waals surface area contributed by atoms with Crippen molar-refractivity contribution >= 4 is 5.91 Å². The molecule has 0 aromatic heterocycles. The predicted molar refractivity (Wildman–Crippen MR) is 270 cm³/mol. The number of carbonyl (C=O) groups excluding carboxylic acids is 1. The maximum absolute atomic E-state index is 12.5. The first-order valence-electron chi connectivity index (χ1n) is 27.7. The minimum absolute atomic E-state index is 0.357. The van der Waals surface area contributed by atoms with Crippen molar-refractivity contribution in [3.63, 3.8) is 0 Å². The van der Waals surface area contributed by atoms with Crippen molar-refractivity contribution in [2.75, 3.05) is 6.61 Å². The van der Waals surface area contributed by atoms with Crippen LogP contribution in [-0.4, -0.2) is 57.3 Å². The zero-order chi connectivity index (χ0) is 45.2. The Bertz CT molecular complexity index is 939.